The van der Waals surface area contributed by atoms with Crippen LogP contribution >= 0.6 is 0 Å². The monoisotopic (exact) mass is 438 g/mol. The second kappa shape index (κ2) is 9.65. The van der Waals surface area contributed by atoms with Crippen LogP contribution in [0.1, 0.15) is 49.4 Å². The first-order valence-electron chi connectivity index (χ1n) is 11.4. The van der Waals surface area contributed by atoms with Gasteiger partial charge in [-0.25, -0.2) is 9.69 Å². The number of anilines is 1. The fourth-order valence-corrected chi connectivity index (χ4v) is 4.51. The molecule has 0 spiro atoms. The Hall–Kier alpha value is -3.00. The highest BCUT2D eigenvalue weighted by Gasteiger charge is 2.44. The van der Waals surface area contributed by atoms with E-state index in [1.165, 1.54) is 12.0 Å². The van der Waals surface area contributed by atoms with E-state index in [1.54, 1.807) is 6.92 Å². The molecule has 1 aromatic rings. The Balaban J connectivity index is 1.30. The number of carbonyl (C=O) groups is 4. The molecule has 2 saturated heterocycles. The summed E-state index contributed by atoms with van der Waals surface area (Å²) in [5.74, 6) is -1.40. The van der Waals surface area contributed by atoms with Crippen LogP contribution in [0, 0.1) is 0 Å². The molecule has 8 nitrogen and oxygen atoms in total. The van der Waals surface area contributed by atoms with Crippen molar-refractivity contribution >= 4 is 29.3 Å². The van der Waals surface area contributed by atoms with Crippen molar-refractivity contribution in [3.05, 3.63) is 41.5 Å². The van der Waals surface area contributed by atoms with Crippen LogP contribution < -0.4 is 4.90 Å². The van der Waals surface area contributed by atoms with Crippen molar-refractivity contribution in [3.8, 4) is 0 Å². The maximum absolute atomic E-state index is 12.8. The molecule has 2 heterocycles. The lowest BCUT2D eigenvalue weighted by Gasteiger charge is -2.37. The van der Waals surface area contributed by atoms with Crippen molar-refractivity contribution in [2.24, 2.45) is 0 Å². The Kier molecular flexibility index (Phi) is 6.69. The average Bonchev–Trinajstić information content (AvgIpc) is 3.02. The number of benzene rings is 1. The number of hydrogen-bond acceptors (Lipinski definition) is 6. The maximum Gasteiger partial charge on any atom is 0.335 e. The van der Waals surface area contributed by atoms with Crippen molar-refractivity contribution in [2.45, 2.75) is 39.0 Å². The van der Waals surface area contributed by atoms with E-state index in [9.17, 15) is 19.2 Å². The topological polar surface area (TPSA) is 81.2 Å². The van der Waals surface area contributed by atoms with Gasteiger partial charge in [-0.2, -0.15) is 0 Å². The van der Waals surface area contributed by atoms with Gasteiger partial charge in [-0.05, 0) is 63.3 Å². The fourth-order valence-electron chi connectivity index (χ4n) is 4.51. The van der Waals surface area contributed by atoms with E-state index >= 15 is 0 Å². The van der Waals surface area contributed by atoms with E-state index in [0.717, 1.165) is 47.8 Å². The summed E-state index contributed by atoms with van der Waals surface area (Å²) in [6.45, 7) is 4.78. The SMILES string of the molecule is CC(=O)c1ccc(N2CCN(CN3C(=O)C(=O)N(CCC4=CCCCC4)C3=O)CC2)cc1. The number of imide groups is 2. The average molecular weight is 439 g/mol. The summed E-state index contributed by atoms with van der Waals surface area (Å²) in [6, 6.07) is 7.04. The molecule has 0 unspecified atom stereocenters. The van der Waals surface area contributed by atoms with Crippen LogP contribution in [0.3, 0.4) is 0 Å². The molecule has 0 N–H and O–H groups in total. The third kappa shape index (κ3) is 4.75. The minimum absolute atomic E-state index is 0.0420. The highest BCUT2D eigenvalue weighted by Crippen LogP contribution is 2.23. The molecule has 0 bridgehead atoms. The van der Waals surface area contributed by atoms with Gasteiger partial charge in [0.25, 0.3) is 0 Å². The molecule has 1 aliphatic carbocycles. The molecule has 32 heavy (non-hydrogen) atoms. The minimum atomic E-state index is -0.727. The van der Waals surface area contributed by atoms with Gasteiger partial charge in [0, 0.05) is 44.0 Å². The van der Waals surface area contributed by atoms with E-state index in [4.69, 9.17) is 0 Å². The second-order valence-corrected chi connectivity index (χ2v) is 8.68. The molecule has 1 aromatic carbocycles. The van der Waals surface area contributed by atoms with Crippen molar-refractivity contribution in [1.82, 2.24) is 14.7 Å². The number of amides is 4. The Morgan fingerprint density at radius 1 is 0.906 bits per heavy atom. The van der Waals surface area contributed by atoms with Crippen LogP contribution in [-0.2, 0) is 9.59 Å². The van der Waals surface area contributed by atoms with Gasteiger partial charge in [0.1, 0.15) is 0 Å². The number of allylic oxidation sites excluding steroid dienone is 1. The molecule has 170 valence electrons. The number of piperazine rings is 1. The van der Waals surface area contributed by atoms with Gasteiger partial charge in [-0.3, -0.25) is 24.2 Å². The zero-order chi connectivity index (χ0) is 22.7. The predicted molar refractivity (Wildman–Crippen MR) is 120 cm³/mol. The number of nitrogens with zero attached hydrogens (tertiary/aromatic N) is 4. The first-order chi connectivity index (χ1) is 15.4. The lowest BCUT2D eigenvalue weighted by molar-refractivity contribution is -0.144. The molecule has 0 saturated carbocycles. The smallest absolute Gasteiger partial charge is 0.335 e. The summed E-state index contributed by atoms with van der Waals surface area (Å²) < 4.78 is 0. The highest BCUT2D eigenvalue weighted by atomic mass is 16.2. The van der Waals surface area contributed by atoms with E-state index in [2.05, 4.69) is 11.0 Å². The van der Waals surface area contributed by atoms with Gasteiger partial charge in [0.05, 0.1) is 6.67 Å². The largest absolute Gasteiger partial charge is 0.369 e. The van der Waals surface area contributed by atoms with Gasteiger partial charge >= 0.3 is 17.8 Å². The summed E-state index contributed by atoms with van der Waals surface area (Å²) in [6.07, 6.45) is 7.24. The summed E-state index contributed by atoms with van der Waals surface area (Å²) in [4.78, 5) is 55.5. The van der Waals surface area contributed by atoms with Gasteiger partial charge in [0.15, 0.2) is 5.78 Å². The molecule has 4 amide bonds. The van der Waals surface area contributed by atoms with E-state index in [0.29, 0.717) is 25.1 Å². The summed E-state index contributed by atoms with van der Waals surface area (Å²) >= 11 is 0. The van der Waals surface area contributed by atoms with Crippen LogP contribution in [0.2, 0.25) is 0 Å². The van der Waals surface area contributed by atoms with E-state index in [-0.39, 0.29) is 19.0 Å². The van der Waals surface area contributed by atoms with Crippen molar-refractivity contribution in [2.75, 3.05) is 44.3 Å². The quantitative estimate of drug-likeness (QED) is 0.282. The number of Topliss-reactive ketones (excluding diaryl/α,β-unsaturated/α-hetero) is 1. The van der Waals surface area contributed by atoms with Crippen LogP contribution in [0.5, 0.6) is 0 Å². The zero-order valence-corrected chi connectivity index (χ0v) is 18.6. The molecule has 0 atom stereocenters. The van der Waals surface area contributed by atoms with Crippen molar-refractivity contribution in [3.63, 3.8) is 0 Å². The molecule has 0 aromatic heterocycles. The van der Waals surface area contributed by atoms with Gasteiger partial charge in [-0.15, -0.1) is 0 Å². The Morgan fingerprint density at radius 2 is 1.59 bits per heavy atom. The van der Waals surface area contributed by atoms with Crippen LogP contribution in [0.25, 0.3) is 0 Å². The molecular weight excluding hydrogens is 408 g/mol. The maximum atomic E-state index is 12.8. The molecule has 8 heteroatoms. The standard InChI is InChI=1S/C24H30N4O4/c1-18(29)20-7-9-21(10-8-20)26-15-13-25(14-16-26)17-28-23(31)22(30)27(24(28)32)12-11-19-5-3-2-4-6-19/h5,7-10H,2-4,6,11-17H2,1H3. The van der Waals surface area contributed by atoms with Gasteiger partial charge in [-0.1, -0.05) is 11.6 Å². The Morgan fingerprint density at radius 3 is 2.22 bits per heavy atom. The summed E-state index contributed by atoms with van der Waals surface area (Å²) in [7, 11) is 0. The minimum Gasteiger partial charge on any atom is -0.369 e. The van der Waals surface area contributed by atoms with Crippen LogP contribution in [0.15, 0.2) is 35.9 Å². The first kappa shape index (κ1) is 22.2. The molecule has 2 fully saturated rings. The highest BCUT2D eigenvalue weighted by molar-refractivity contribution is 6.44. The number of carbonyl (C=O) groups excluding carboxylic acids is 4. The Labute approximate surface area is 188 Å². The van der Waals surface area contributed by atoms with E-state index in [1.807, 2.05) is 29.2 Å². The second-order valence-electron chi connectivity index (χ2n) is 8.68. The van der Waals surface area contributed by atoms with Gasteiger partial charge in [0.2, 0.25) is 0 Å². The molecular formula is C24H30N4O4. The van der Waals surface area contributed by atoms with Gasteiger partial charge < -0.3 is 4.90 Å². The Bertz CT molecular complexity index is 932. The van der Waals surface area contributed by atoms with Crippen LogP contribution in [0.4, 0.5) is 10.5 Å². The predicted octanol–water partition coefficient (Wildman–Crippen LogP) is 2.65. The lowest BCUT2D eigenvalue weighted by Crippen LogP contribution is -2.51. The van der Waals surface area contributed by atoms with E-state index < -0.39 is 17.8 Å². The molecule has 3 aliphatic rings. The summed E-state index contributed by atoms with van der Waals surface area (Å²) in [5, 5.41) is 0. The third-order valence-corrected chi connectivity index (χ3v) is 6.53. The third-order valence-electron chi connectivity index (χ3n) is 6.53. The number of hydrogen-bond donors (Lipinski definition) is 0. The van der Waals surface area contributed by atoms with Crippen LogP contribution in [-0.4, -0.2) is 77.7 Å². The van der Waals surface area contributed by atoms with Crippen molar-refractivity contribution < 1.29 is 19.2 Å². The number of rotatable bonds is 7. The molecule has 4 rings (SSSR count). The lowest BCUT2D eigenvalue weighted by atomic mass is 9.97. The molecule has 2 aliphatic heterocycles. The summed E-state index contributed by atoms with van der Waals surface area (Å²) in [5.41, 5.74) is 3.00. The normalized spacial score (nSPS) is 20.2. The fraction of sp³-hybridized carbons (Fsp3) is 0.500. The molecule has 0 radical (unpaired) electrons. The zero-order valence-electron chi connectivity index (χ0n) is 18.6. The first-order valence-corrected chi connectivity index (χ1v) is 11.4. The number of urea groups is 1. The van der Waals surface area contributed by atoms with Crippen molar-refractivity contribution in [1.29, 1.82) is 0 Å². The number of ketones is 1.